The molecule has 0 fully saturated rings. The number of fused-ring (bicyclic) bond motifs is 2. The number of rotatable bonds is 8. The third kappa shape index (κ3) is 4.77. The molecule has 9 heteroatoms. The van der Waals surface area contributed by atoms with Crippen LogP contribution in [0.2, 0.25) is 0 Å². The van der Waals surface area contributed by atoms with Crippen molar-refractivity contribution in [3.8, 4) is 10.6 Å². The monoisotopic (exact) mass is 489 g/mol. The van der Waals surface area contributed by atoms with E-state index in [-0.39, 0.29) is 18.6 Å². The fourth-order valence-corrected chi connectivity index (χ4v) is 5.03. The average Bonchev–Trinajstić information content (AvgIpc) is 3.61. The number of hydrogen-bond donors (Lipinski definition) is 1. The highest BCUT2D eigenvalue weighted by molar-refractivity contribution is 7.13. The summed E-state index contributed by atoms with van der Waals surface area (Å²) in [6, 6.07) is 14.0. The van der Waals surface area contributed by atoms with Gasteiger partial charge in [0, 0.05) is 31.4 Å². The van der Waals surface area contributed by atoms with Crippen LogP contribution in [0.1, 0.15) is 35.8 Å². The number of carbonyl (C=O) groups excluding carboxylic acids is 2. The zero-order valence-electron chi connectivity index (χ0n) is 19.7. The summed E-state index contributed by atoms with van der Waals surface area (Å²) in [5, 5.41) is 9.84. The predicted molar refractivity (Wildman–Crippen MR) is 137 cm³/mol. The zero-order valence-corrected chi connectivity index (χ0v) is 20.5. The Labute approximate surface area is 207 Å². The number of para-hydroxylation sites is 1. The van der Waals surface area contributed by atoms with Crippen LogP contribution < -0.4 is 10.2 Å². The molecule has 1 N–H and O–H groups in total. The summed E-state index contributed by atoms with van der Waals surface area (Å²) in [6.45, 7) is 5.81. The van der Waals surface area contributed by atoms with Crippen LogP contribution in [-0.2, 0) is 16.0 Å². The number of hydrogen-bond acceptors (Lipinski definition) is 7. The van der Waals surface area contributed by atoms with Crippen LogP contribution in [0.4, 0.5) is 5.69 Å². The maximum Gasteiger partial charge on any atom is 0.339 e. The second-order valence-corrected chi connectivity index (χ2v) is 9.69. The van der Waals surface area contributed by atoms with Gasteiger partial charge in [-0.25, -0.2) is 14.5 Å². The molecule has 180 valence electrons. The van der Waals surface area contributed by atoms with Gasteiger partial charge in [0.1, 0.15) is 0 Å². The van der Waals surface area contributed by atoms with Crippen molar-refractivity contribution in [3.63, 3.8) is 0 Å². The highest BCUT2D eigenvalue weighted by Crippen LogP contribution is 2.29. The molecule has 1 aromatic carbocycles. The molecule has 0 radical (unpaired) electrons. The van der Waals surface area contributed by atoms with Gasteiger partial charge in [0.05, 0.1) is 27.7 Å². The van der Waals surface area contributed by atoms with Gasteiger partial charge < -0.3 is 15.0 Å². The van der Waals surface area contributed by atoms with Crippen LogP contribution in [0.3, 0.4) is 0 Å². The van der Waals surface area contributed by atoms with E-state index in [1.807, 2.05) is 43.5 Å². The first-order chi connectivity index (χ1) is 17.0. The molecule has 5 rings (SSSR count). The summed E-state index contributed by atoms with van der Waals surface area (Å²) in [6.07, 6.45) is 2.65. The van der Waals surface area contributed by atoms with Gasteiger partial charge in [-0.05, 0) is 49.4 Å². The van der Waals surface area contributed by atoms with Crippen molar-refractivity contribution in [2.24, 2.45) is 0 Å². The van der Waals surface area contributed by atoms with Crippen LogP contribution >= 0.6 is 11.3 Å². The summed E-state index contributed by atoms with van der Waals surface area (Å²) in [5.41, 5.74) is 4.20. The third-order valence-electron chi connectivity index (χ3n) is 6.07. The number of thiophene rings is 1. The Morgan fingerprint density at radius 1 is 1.20 bits per heavy atom. The minimum absolute atomic E-state index is 0.0795. The molecule has 0 atom stereocenters. The largest absolute Gasteiger partial charge is 0.452 e. The number of pyridine rings is 1. The Morgan fingerprint density at radius 2 is 2.06 bits per heavy atom. The lowest BCUT2D eigenvalue weighted by Crippen LogP contribution is -2.36. The van der Waals surface area contributed by atoms with Gasteiger partial charge in [-0.3, -0.25) is 4.79 Å². The van der Waals surface area contributed by atoms with Crippen molar-refractivity contribution >= 4 is 39.9 Å². The van der Waals surface area contributed by atoms with Crippen LogP contribution in [0, 0.1) is 0 Å². The van der Waals surface area contributed by atoms with Gasteiger partial charge in [0.15, 0.2) is 12.3 Å². The van der Waals surface area contributed by atoms with Crippen molar-refractivity contribution in [1.29, 1.82) is 0 Å². The number of ether oxygens (including phenoxy) is 1. The van der Waals surface area contributed by atoms with E-state index in [9.17, 15) is 9.59 Å². The van der Waals surface area contributed by atoms with E-state index in [4.69, 9.17) is 9.72 Å². The number of aromatic nitrogens is 3. The summed E-state index contributed by atoms with van der Waals surface area (Å²) in [5.74, 6) is -0.894. The summed E-state index contributed by atoms with van der Waals surface area (Å²) < 4.78 is 7.18. The molecule has 0 aliphatic carbocycles. The molecule has 8 nitrogen and oxygen atoms in total. The molecule has 35 heavy (non-hydrogen) atoms. The Balaban J connectivity index is 1.23. The summed E-state index contributed by atoms with van der Waals surface area (Å²) in [4.78, 5) is 33.3. The van der Waals surface area contributed by atoms with E-state index in [2.05, 4.69) is 27.4 Å². The summed E-state index contributed by atoms with van der Waals surface area (Å²) >= 11 is 1.54. The van der Waals surface area contributed by atoms with Crippen molar-refractivity contribution in [3.05, 3.63) is 65.2 Å². The van der Waals surface area contributed by atoms with Gasteiger partial charge in [0.25, 0.3) is 5.91 Å². The quantitative estimate of drug-likeness (QED) is 0.375. The molecule has 0 saturated heterocycles. The lowest BCUT2D eigenvalue weighted by atomic mass is 10.1. The topological polar surface area (TPSA) is 89.3 Å². The smallest absolute Gasteiger partial charge is 0.339 e. The first-order valence-electron chi connectivity index (χ1n) is 11.7. The normalized spacial score (nSPS) is 12.8. The summed E-state index contributed by atoms with van der Waals surface area (Å²) in [7, 11) is 0. The van der Waals surface area contributed by atoms with Crippen LogP contribution in [0.25, 0.3) is 21.6 Å². The van der Waals surface area contributed by atoms with E-state index >= 15 is 0 Å². The molecule has 4 aromatic rings. The highest BCUT2D eigenvalue weighted by Gasteiger charge is 2.21. The molecule has 1 amide bonds. The van der Waals surface area contributed by atoms with E-state index in [0.717, 1.165) is 17.8 Å². The average molecular weight is 490 g/mol. The SMILES string of the molecule is CC(C)n1ncc2c(C(=O)OCC(=O)NCCN3CCc4ccccc43)cc(-c3cccs3)nc21. The molecule has 0 spiro atoms. The molecule has 4 heterocycles. The third-order valence-corrected chi connectivity index (χ3v) is 6.96. The van der Waals surface area contributed by atoms with Crippen molar-refractivity contribution in [2.45, 2.75) is 26.3 Å². The number of carbonyl (C=O) groups is 2. The lowest BCUT2D eigenvalue weighted by Gasteiger charge is -2.19. The van der Waals surface area contributed by atoms with Gasteiger partial charge in [-0.2, -0.15) is 5.10 Å². The van der Waals surface area contributed by atoms with Crippen molar-refractivity contribution < 1.29 is 14.3 Å². The molecular formula is C26H27N5O3S. The van der Waals surface area contributed by atoms with Gasteiger partial charge >= 0.3 is 5.97 Å². The Bertz CT molecular complexity index is 1360. The lowest BCUT2D eigenvalue weighted by molar-refractivity contribution is -0.124. The number of amides is 1. The Kier molecular flexibility index (Phi) is 6.50. The zero-order chi connectivity index (χ0) is 24.4. The molecule has 1 aliphatic heterocycles. The Morgan fingerprint density at radius 3 is 2.86 bits per heavy atom. The number of nitrogens with one attached hydrogen (secondary N) is 1. The second kappa shape index (κ2) is 9.87. The van der Waals surface area contributed by atoms with E-state index < -0.39 is 5.97 Å². The number of esters is 1. The molecule has 0 unspecified atom stereocenters. The number of nitrogens with zero attached hydrogens (tertiary/aromatic N) is 4. The molecule has 0 saturated carbocycles. The van der Waals surface area contributed by atoms with Gasteiger partial charge in [0.2, 0.25) is 0 Å². The molecule has 1 aliphatic rings. The first-order valence-corrected chi connectivity index (χ1v) is 12.6. The standard InChI is InChI=1S/C26H27N5O3S/c1-17(2)31-25-20(15-28-31)19(14-21(29-25)23-8-5-13-35-23)26(33)34-16-24(32)27-10-12-30-11-9-18-6-3-4-7-22(18)30/h3-8,13-15,17H,9-12,16H2,1-2H3,(H,27,32). The second-order valence-electron chi connectivity index (χ2n) is 8.74. The maximum absolute atomic E-state index is 13.0. The fourth-order valence-electron chi connectivity index (χ4n) is 4.34. The Hall–Kier alpha value is -3.72. The van der Waals surface area contributed by atoms with Crippen LogP contribution in [-0.4, -0.2) is 52.9 Å². The molecule has 3 aromatic heterocycles. The first kappa shape index (κ1) is 23.0. The van der Waals surface area contributed by atoms with E-state index in [1.165, 1.54) is 11.3 Å². The highest BCUT2D eigenvalue weighted by atomic mass is 32.1. The number of anilines is 1. The minimum Gasteiger partial charge on any atom is -0.452 e. The fraction of sp³-hybridized carbons (Fsp3) is 0.308. The maximum atomic E-state index is 13.0. The van der Waals surface area contributed by atoms with Crippen LogP contribution in [0.5, 0.6) is 0 Å². The number of benzene rings is 1. The van der Waals surface area contributed by atoms with Crippen LogP contribution in [0.15, 0.2) is 54.0 Å². The van der Waals surface area contributed by atoms with E-state index in [0.29, 0.717) is 35.4 Å². The van der Waals surface area contributed by atoms with E-state index in [1.54, 1.807) is 28.3 Å². The van der Waals surface area contributed by atoms with Crippen molar-refractivity contribution in [2.75, 3.05) is 31.1 Å². The van der Waals surface area contributed by atoms with Gasteiger partial charge in [-0.15, -0.1) is 11.3 Å². The van der Waals surface area contributed by atoms with Gasteiger partial charge in [-0.1, -0.05) is 24.3 Å². The molecular weight excluding hydrogens is 462 g/mol. The predicted octanol–water partition coefficient (Wildman–Crippen LogP) is 4.08. The minimum atomic E-state index is -0.567. The molecule has 0 bridgehead atoms. The van der Waals surface area contributed by atoms with Crippen molar-refractivity contribution in [1.82, 2.24) is 20.1 Å².